The molecule has 2 aliphatic rings. The van der Waals surface area contributed by atoms with Crippen LogP contribution in [-0.4, -0.2) is 55.5 Å². The van der Waals surface area contributed by atoms with Gasteiger partial charge in [-0.3, -0.25) is 14.5 Å². The van der Waals surface area contributed by atoms with Crippen LogP contribution in [0.25, 0.3) is 0 Å². The molecule has 1 N–H and O–H groups in total. The number of quaternary nitrogens is 1. The molecule has 0 aromatic heterocycles. The molecule has 0 saturated carbocycles. The zero-order chi connectivity index (χ0) is 18.6. The number of anilines is 1. The van der Waals surface area contributed by atoms with Crippen molar-refractivity contribution in [3.05, 3.63) is 66.2 Å². The van der Waals surface area contributed by atoms with Gasteiger partial charge in [-0.1, -0.05) is 48.5 Å². The molecule has 2 fully saturated rings. The molecule has 2 aromatic carbocycles. The van der Waals surface area contributed by atoms with E-state index in [0.29, 0.717) is 13.0 Å². The number of benzene rings is 2. The molecule has 2 amide bonds. The van der Waals surface area contributed by atoms with Gasteiger partial charge in [0.2, 0.25) is 5.91 Å². The summed E-state index contributed by atoms with van der Waals surface area (Å²) in [5.74, 6) is -0.00184. The minimum absolute atomic E-state index is 0.0130. The summed E-state index contributed by atoms with van der Waals surface area (Å²) < 4.78 is 0. The molecule has 1 atom stereocenters. The van der Waals surface area contributed by atoms with Crippen LogP contribution in [0.15, 0.2) is 60.7 Å². The summed E-state index contributed by atoms with van der Waals surface area (Å²) in [4.78, 5) is 30.4. The van der Waals surface area contributed by atoms with Gasteiger partial charge >= 0.3 is 0 Å². The monoisotopic (exact) mass is 364 g/mol. The van der Waals surface area contributed by atoms with Crippen LogP contribution >= 0.6 is 0 Å². The van der Waals surface area contributed by atoms with Crippen LogP contribution in [-0.2, 0) is 16.0 Å². The molecule has 0 bridgehead atoms. The smallest absolute Gasteiger partial charge is 0.288 e. The first kappa shape index (κ1) is 17.7. The summed E-state index contributed by atoms with van der Waals surface area (Å²) in [6.07, 6.45) is 1.08. The predicted octanol–water partition coefficient (Wildman–Crippen LogP) is 0.762. The van der Waals surface area contributed by atoms with Crippen LogP contribution in [0.2, 0.25) is 0 Å². The minimum Gasteiger partial charge on any atom is -0.360 e. The second kappa shape index (κ2) is 7.92. The third-order valence-electron chi connectivity index (χ3n) is 5.73. The number of likely N-dealkylation sites (tertiary alicyclic amines) is 1. The average Bonchev–Trinajstić information content (AvgIpc) is 3.01. The number of hydrogen-bond donors (Lipinski definition) is 1. The highest BCUT2D eigenvalue weighted by Crippen LogP contribution is 2.15. The van der Waals surface area contributed by atoms with E-state index in [2.05, 4.69) is 29.2 Å². The van der Waals surface area contributed by atoms with E-state index in [1.54, 1.807) is 0 Å². The fraction of sp³-hybridized carbons (Fsp3) is 0.364. The number of rotatable bonds is 5. The highest BCUT2D eigenvalue weighted by molar-refractivity contribution is 6.04. The largest absolute Gasteiger partial charge is 0.360 e. The van der Waals surface area contributed by atoms with Crippen molar-refractivity contribution in [2.45, 2.75) is 18.9 Å². The van der Waals surface area contributed by atoms with Crippen molar-refractivity contribution in [2.24, 2.45) is 0 Å². The van der Waals surface area contributed by atoms with Gasteiger partial charge in [0.05, 0.1) is 32.6 Å². The second-order valence-electron chi connectivity index (χ2n) is 7.36. The number of hydrogen-bond acceptors (Lipinski definition) is 3. The lowest BCUT2D eigenvalue weighted by Crippen LogP contribution is -3.19. The van der Waals surface area contributed by atoms with Crippen LogP contribution < -0.4 is 9.80 Å². The standard InChI is InChI=1S/C22H25N3O2/c26-21-17-20(22(27)25(21)12-11-18-7-3-1-4-8-18)24-15-13-23(14-16-24)19-9-5-2-6-10-19/h1-10,20H,11-17H2/p+1/t20-/m0/s1. The summed E-state index contributed by atoms with van der Waals surface area (Å²) in [7, 11) is 0. The van der Waals surface area contributed by atoms with E-state index in [1.165, 1.54) is 15.5 Å². The topological polar surface area (TPSA) is 45.1 Å². The van der Waals surface area contributed by atoms with E-state index in [4.69, 9.17) is 0 Å². The van der Waals surface area contributed by atoms with Gasteiger partial charge in [0.25, 0.3) is 5.91 Å². The molecule has 0 radical (unpaired) electrons. The van der Waals surface area contributed by atoms with Gasteiger partial charge in [0, 0.05) is 12.2 Å². The van der Waals surface area contributed by atoms with Crippen LogP contribution in [0.3, 0.4) is 0 Å². The Morgan fingerprint density at radius 3 is 2.19 bits per heavy atom. The minimum atomic E-state index is -0.203. The van der Waals surface area contributed by atoms with Gasteiger partial charge in [-0.25, -0.2) is 0 Å². The van der Waals surface area contributed by atoms with Crippen LogP contribution in [0.5, 0.6) is 0 Å². The van der Waals surface area contributed by atoms with E-state index in [0.717, 1.165) is 38.2 Å². The average molecular weight is 364 g/mol. The highest BCUT2D eigenvalue weighted by atomic mass is 16.2. The molecule has 27 heavy (non-hydrogen) atoms. The summed E-state index contributed by atoms with van der Waals surface area (Å²) in [6.45, 7) is 4.11. The molecule has 0 unspecified atom stereocenters. The maximum absolute atomic E-state index is 12.9. The summed E-state index contributed by atoms with van der Waals surface area (Å²) in [5.41, 5.74) is 2.39. The van der Waals surface area contributed by atoms with Crippen molar-refractivity contribution in [1.82, 2.24) is 4.90 Å². The van der Waals surface area contributed by atoms with Crippen molar-refractivity contribution in [2.75, 3.05) is 37.6 Å². The fourth-order valence-corrected chi connectivity index (χ4v) is 4.16. The Balaban J connectivity index is 1.34. The maximum atomic E-state index is 12.9. The Morgan fingerprint density at radius 2 is 1.52 bits per heavy atom. The van der Waals surface area contributed by atoms with E-state index < -0.39 is 0 Å². The van der Waals surface area contributed by atoms with Gasteiger partial charge < -0.3 is 9.80 Å². The lowest BCUT2D eigenvalue weighted by atomic mass is 10.1. The SMILES string of the molecule is O=C1C[C@H]([NH+]2CCN(c3ccccc3)CC2)C(=O)N1CCc1ccccc1. The molecule has 140 valence electrons. The van der Waals surface area contributed by atoms with Crippen LogP contribution in [0, 0.1) is 0 Å². The van der Waals surface area contributed by atoms with E-state index in [9.17, 15) is 9.59 Å². The zero-order valence-corrected chi connectivity index (χ0v) is 15.5. The van der Waals surface area contributed by atoms with Crippen molar-refractivity contribution in [3.8, 4) is 0 Å². The number of carbonyl (C=O) groups excluding carboxylic acids is 2. The van der Waals surface area contributed by atoms with Gasteiger partial charge in [-0.05, 0) is 24.1 Å². The number of imide groups is 1. The molecule has 0 spiro atoms. The van der Waals surface area contributed by atoms with Crippen molar-refractivity contribution >= 4 is 17.5 Å². The third-order valence-corrected chi connectivity index (χ3v) is 5.73. The molecule has 2 heterocycles. The van der Waals surface area contributed by atoms with E-state index in [1.807, 2.05) is 36.4 Å². The van der Waals surface area contributed by atoms with Crippen molar-refractivity contribution in [3.63, 3.8) is 0 Å². The third kappa shape index (κ3) is 3.88. The number of piperazine rings is 1. The first-order valence-electron chi connectivity index (χ1n) is 9.75. The molecule has 5 nitrogen and oxygen atoms in total. The Kier molecular flexibility index (Phi) is 5.21. The van der Waals surface area contributed by atoms with Gasteiger partial charge in [-0.2, -0.15) is 0 Å². The lowest BCUT2D eigenvalue weighted by Gasteiger charge is -2.35. The predicted molar refractivity (Wildman–Crippen MR) is 105 cm³/mol. The van der Waals surface area contributed by atoms with Gasteiger partial charge in [-0.15, -0.1) is 0 Å². The molecular weight excluding hydrogens is 338 g/mol. The summed E-state index contributed by atoms with van der Waals surface area (Å²) in [5, 5.41) is 0. The lowest BCUT2D eigenvalue weighted by molar-refractivity contribution is -0.915. The van der Waals surface area contributed by atoms with Crippen molar-refractivity contribution in [1.29, 1.82) is 0 Å². The molecule has 4 rings (SSSR count). The molecule has 0 aliphatic carbocycles. The first-order valence-corrected chi connectivity index (χ1v) is 9.75. The molecule has 2 aliphatic heterocycles. The number of para-hydroxylation sites is 1. The number of carbonyl (C=O) groups is 2. The van der Waals surface area contributed by atoms with E-state index >= 15 is 0 Å². The molecule has 2 saturated heterocycles. The summed E-state index contributed by atoms with van der Waals surface area (Å²) in [6, 6.07) is 20.2. The maximum Gasteiger partial charge on any atom is 0.288 e. The number of nitrogens with zero attached hydrogens (tertiary/aromatic N) is 2. The van der Waals surface area contributed by atoms with Crippen LogP contribution in [0.4, 0.5) is 5.69 Å². The Morgan fingerprint density at radius 1 is 0.889 bits per heavy atom. The zero-order valence-electron chi connectivity index (χ0n) is 15.5. The quantitative estimate of drug-likeness (QED) is 0.797. The molecule has 5 heteroatoms. The van der Waals surface area contributed by atoms with Crippen molar-refractivity contribution < 1.29 is 14.5 Å². The second-order valence-corrected chi connectivity index (χ2v) is 7.36. The van der Waals surface area contributed by atoms with Gasteiger partial charge in [0.1, 0.15) is 0 Å². The summed E-state index contributed by atoms with van der Waals surface area (Å²) >= 11 is 0. The Bertz CT molecular complexity index is 786. The highest BCUT2D eigenvalue weighted by Gasteiger charge is 2.45. The first-order chi connectivity index (χ1) is 13.2. The number of amides is 2. The Labute approximate surface area is 160 Å². The fourth-order valence-electron chi connectivity index (χ4n) is 4.16. The number of nitrogens with one attached hydrogen (secondary N) is 1. The molecule has 2 aromatic rings. The Hall–Kier alpha value is -2.66. The van der Waals surface area contributed by atoms with E-state index in [-0.39, 0.29) is 17.9 Å². The normalized spacial score (nSPS) is 21.1. The van der Waals surface area contributed by atoms with Gasteiger partial charge in [0.15, 0.2) is 6.04 Å². The molecular formula is C22H26N3O2+. The van der Waals surface area contributed by atoms with Crippen LogP contribution in [0.1, 0.15) is 12.0 Å².